The van der Waals surface area contributed by atoms with Crippen LogP contribution in [-0.4, -0.2) is 20.6 Å². The first kappa shape index (κ1) is 10.9. The summed E-state index contributed by atoms with van der Waals surface area (Å²) < 4.78 is 1.79. The fourth-order valence-electron chi connectivity index (χ4n) is 1.41. The van der Waals surface area contributed by atoms with E-state index in [1.54, 1.807) is 4.52 Å². The van der Waals surface area contributed by atoms with Gasteiger partial charge in [0, 0.05) is 12.2 Å². The van der Waals surface area contributed by atoms with Crippen molar-refractivity contribution in [3.8, 4) is 0 Å². The molecule has 2 aromatic rings. The molecule has 0 aromatic carbocycles. The third-order valence-electron chi connectivity index (χ3n) is 2.85. The van der Waals surface area contributed by atoms with Crippen molar-refractivity contribution < 1.29 is 0 Å². The average Bonchev–Trinajstić information content (AvgIpc) is 2.58. The Morgan fingerprint density at radius 3 is 2.75 bits per heavy atom. The van der Waals surface area contributed by atoms with Crippen LogP contribution in [0.4, 0.5) is 5.95 Å². The van der Waals surface area contributed by atoms with E-state index >= 15 is 0 Å². The number of hydrogen-bond acceptors (Lipinski definition) is 3. The monoisotopic (exact) mass is 218 g/mol. The molecule has 86 valence electrons. The van der Waals surface area contributed by atoms with Gasteiger partial charge in [0.05, 0.1) is 0 Å². The highest BCUT2D eigenvalue weighted by atomic mass is 15.3. The fourth-order valence-corrected chi connectivity index (χ4v) is 1.41. The number of anilines is 1. The molecule has 1 N–H and O–H groups in total. The van der Waals surface area contributed by atoms with Gasteiger partial charge in [0.1, 0.15) is 0 Å². The van der Waals surface area contributed by atoms with Crippen LogP contribution in [0.2, 0.25) is 0 Å². The second kappa shape index (κ2) is 4.12. The molecule has 0 saturated carbocycles. The van der Waals surface area contributed by atoms with Crippen LogP contribution in [-0.2, 0) is 0 Å². The molecule has 0 bridgehead atoms. The number of rotatable bonds is 3. The Kier molecular flexibility index (Phi) is 2.81. The lowest BCUT2D eigenvalue weighted by Crippen LogP contribution is -2.22. The summed E-state index contributed by atoms with van der Waals surface area (Å²) in [7, 11) is 0. The first-order valence-electron chi connectivity index (χ1n) is 5.66. The number of nitrogens with one attached hydrogen (secondary N) is 1. The molecule has 0 aliphatic carbocycles. The highest BCUT2D eigenvalue weighted by Gasteiger charge is 2.10. The predicted octanol–water partition coefficient (Wildman–Crippen LogP) is 2.49. The Morgan fingerprint density at radius 2 is 2.06 bits per heavy atom. The first-order chi connectivity index (χ1) is 7.56. The van der Waals surface area contributed by atoms with Crippen molar-refractivity contribution in [1.82, 2.24) is 14.6 Å². The van der Waals surface area contributed by atoms with E-state index in [4.69, 9.17) is 0 Å². The molecular formula is C12H18N4. The molecule has 0 spiro atoms. The second-order valence-corrected chi connectivity index (χ2v) is 4.62. The SMILES string of the molecule is Cc1ccn2nc(NC(C)C(C)C)nc2c1. The Morgan fingerprint density at radius 1 is 1.31 bits per heavy atom. The summed E-state index contributed by atoms with van der Waals surface area (Å²) in [5.41, 5.74) is 2.09. The van der Waals surface area contributed by atoms with Crippen LogP contribution in [0.1, 0.15) is 26.3 Å². The van der Waals surface area contributed by atoms with Crippen LogP contribution in [0.25, 0.3) is 5.65 Å². The van der Waals surface area contributed by atoms with E-state index in [1.165, 1.54) is 5.56 Å². The van der Waals surface area contributed by atoms with Gasteiger partial charge in [-0.05, 0) is 37.5 Å². The van der Waals surface area contributed by atoms with Gasteiger partial charge >= 0.3 is 0 Å². The van der Waals surface area contributed by atoms with Gasteiger partial charge in [-0.1, -0.05) is 13.8 Å². The number of pyridine rings is 1. The van der Waals surface area contributed by atoms with E-state index in [9.17, 15) is 0 Å². The minimum absolute atomic E-state index is 0.374. The van der Waals surface area contributed by atoms with E-state index in [0.29, 0.717) is 17.9 Å². The Balaban J connectivity index is 2.26. The molecule has 0 aliphatic heterocycles. The Hall–Kier alpha value is -1.58. The van der Waals surface area contributed by atoms with Crippen molar-refractivity contribution in [3.05, 3.63) is 23.9 Å². The molecule has 0 radical (unpaired) electrons. The van der Waals surface area contributed by atoms with Gasteiger partial charge in [0.15, 0.2) is 5.65 Å². The molecule has 16 heavy (non-hydrogen) atoms. The van der Waals surface area contributed by atoms with Crippen molar-refractivity contribution in [1.29, 1.82) is 0 Å². The van der Waals surface area contributed by atoms with Gasteiger partial charge in [-0.15, -0.1) is 5.10 Å². The maximum absolute atomic E-state index is 4.44. The van der Waals surface area contributed by atoms with Crippen LogP contribution in [0.5, 0.6) is 0 Å². The van der Waals surface area contributed by atoms with Crippen molar-refractivity contribution >= 4 is 11.6 Å². The lowest BCUT2D eigenvalue weighted by molar-refractivity contribution is 0.556. The molecule has 4 nitrogen and oxygen atoms in total. The van der Waals surface area contributed by atoms with Crippen molar-refractivity contribution in [2.75, 3.05) is 5.32 Å². The molecule has 2 aromatic heterocycles. The molecule has 0 saturated heterocycles. The smallest absolute Gasteiger partial charge is 0.243 e. The predicted molar refractivity (Wildman–Crippen MR) is 65.6 cm³/mol. The van der Waals surface area contributed by atoms with Crippen LogP contribution in [0.15, 0.2) is 18.3 Å². The van der Waals surface area contributed by atoms with Crippen LogP contribution >= 0.6 is 0 Å². The zero-order valence-corrected chi connectivity index (χ0v) is 10.2. The maximum Gasteiger partial charge on any atom is 0.243 e. The molecule has 0 aliphatic rings. The van der Waals surface area contributed by atoms with E-state index in [1.807, 2.05) is 18.3 Å². The number of hydrogen-bond donors (Lipinski definition) is 1. The van der Waals surface area contributed by atoms with Crippen molar-refractivity contribution in [3.63, 3.8) is 0 Å². The largest absolute Gasteiger partial charge is 0.350 e. The second-order valence-electron chi connectivity index (χ2n) is 4.62. The summed E-state index contributed by atoms with van der Waals surface area (Å²) in [6.45, 7) is 8.55. The molecular weight excluding hydrogens is 200 g/mol. The molecule has 2 heterocycles. The zero-order valence-electron chi connectivity index (χ0n) is 10.2. The minimum Gasteiger partial charge on any atom is -0.350 e. The normalized spacial score (nSPS) is 13.3. The third-order valence-corrected chi connectivity index (χ3v) is 2.85. The lowest BCUT2D eigenvalue weighted by atomic mass is 10.1. The summed E-state index contributed by atoms with van der Waals surface area (Å²) in [5, 5.41) is 7.68. The summed E-state index contributed by atoms with van der Waals surface area (Å²) in [5.74, 6) is 1.26. The summed E-state index contributed by atoms with van der Waals surface area (Å²) in [6, 6.07) is 4.42. The molecule has 1 atom stereocenters. The quantitative estimate of drug-likeness (QED) is 0.860. The van der Waals surface area contributed by atoms with E-state index in [2.05, 4.69) is 43.1 Å². The van der Waals surface area contributed by atoms with Gasteiger partial charge in [-0.3, -0.25) is 0 Å². The summed E-state index contributed by atoms with van der Waals surface area (Å²) in [4.78, 5) is 4.44. The lowest BCUT2D eigenvalue weighted by Gasteiger charge is -2.15. The Bertz CT molecular complexity index is 487. The van der Waals surface area contributed by atoms with Gasteiger partial charge in [-0.25, -0.2) is 4.52 Å². The van der Waals surface area contributed by atoms with E-state index in [0.717, 1.165) is 5.65 Å². The van der Waals surface area contributed by atoms with Gasteiger partial charge in [0.2, 0.25) is 5.95 Å². The highest BCUT2D eigenvalue weighted by molar-refractivity contribution is 5.45. The van der Waals surface area contributed by atoms with Crippen LogP contribution < -0.4 is 5.32 Å². The topological polar surface area (TPSA) is 42.2 Å². The number of nitrogens with zero attached hydrogens (tertiary/aromatic N) is 3. The molecule has 2 rings (SSSR count). The molecule has 0 amide bonds. The number of fused-ring (bicyclic) bond motifs is 1. The average molecular weight is 218 g/mol. The van der Waals surface area contributed by atoms with Gasteiger partial charge in [0.25, 0.3) is 0 Å². The summed E-state index contributed by atoms with van der Waals surface area (Å²) in [6.07, 6.45) is 1.93. The van der Waals surface area contributed by atoms with Gasteiger partial charge in [-0.2, -0.15) is 4.98 Å². The molecule has 4 heteroatoms. The minimum atomic E-state index is 0.374. The molecule has 0 fully saturated rings. The number of aryl methyl sites for hydroxylation is 1. The fraction of sp³-hybridized carbons (Fsp3) is 0.500. The summed E-state index contributed by atoms with van der Waals surface area (Å²) >= 11 is 0. The standard InChI is InChI=1S/C12H18N4/c1-8(2)10(4)13-12-14-11-7-9(3)5-6-16(11)15-12/h5-8,10H,1-4H3,(H,13,15). The van der Waals surface area contributed by atoms with Crippen LogP contribution in [0.3, 0.4) is 0 Å². The first-order valence-corrected chi connectivity index (χ1v) is 5.66. The van der Waals surface area contributed by atoms with E-state index in [-0.39, 0.29) is 0 Å². The Labute approximate surface area is 95.7 Å². The molecule has 1 unspecified atom stereocenters. The zero-order chi connectivity index (χ0) is 11.7. The van der Waals surface area contributed by atoms with Crippen molar-refractivity contribution in [2.45, 2.75) is 33.7 Å². The van der Waals surface area contributed by atoms with Gasteiger partial charge < -0.3 is 5.32 Å². The van der Waals surface area contributed by atoms with E-state index < -0.39 is 0 Å². The third kappa shape index (κ3) is 2.15. The number of aromatic nitrogens is 3. The maximum atomic E-state index is 4.44. The highest BCUT2D eigenvalue weighted by Crippen LogP contribution is 2.11. The van der Waals surface area contributed by atoms with Crippen LogP contribution in [0, 0.1) is 12.8 Å². The van der Waals surface area contributed by atoms with Crippen molar-refractivity contribution in [2.24, 2.45) is 5.92 Å².